The van der Waals surface area contributed by atoms with Gasteiger partial charge in [-0.1, -0.05) is 77.3 Å². The second kappa shape index (κ2) is 11.4. The maximum absolute atomic E-state index is 12.4. The minimum Gasteiger partial charge on any atom is -0.342 e. The Bertz CT molecular complexity index is 602. The summed E-state index contributed by atoms with van der Waals surface area (Å²) in [6, 6.07) is 10.8. The molecule has 1 aromatic carbocycles. The third kappa shape index (κ3) is 6.76. The zero-order valence-corrected chi connectivity index (χ0v) is 18.3. The number of unbranched alkanes of at least 4 members (excludes halogenated alkanes) is 4. The number of carbonyl (C=O) groups is 2. The van der Waals surface area contributed by atoms with Crippen molar-refractivity contribution >= 4 is 11.7 Å². The van der Waals surface area contributed by atoms with Crippen LogP contribution >= 0.6 is 0 Å². The van der Waals surface area contributed by atoms with Gasteiger partial charge >= 0.3 is 0 Å². The number of ketones is 1. The van der Waals surface area contributed by atoms with E-state index in [0.29, 0.717) is 42.3 Å². The SMILES string of the molecule is CC(C)C(=O)CCCCCCCC(=O)N1CC([C@@H](c2ccccc2)C(C)C)C1. The van der Waals surface area contributed by atoms with Gasteiger partial charge in [-0.15, -0.1) is 0 Å². The molecule has 0 spiro atoms. The summed E-state index contributed by atoms with van der Waals surface area (Å²) in [5, 5.41) is 0. The van der Waals surface area contributed by atoms with Crippen LogP contribution in [0.2, 0.25) is 0 Å². The Morgan fingerprint density at radius 1 is 0.893 bits per heavy atom. The summed E-state index contributed by atoms with van der Waals surface area (Å²) in [6.45, 7) is 10.3. The van der Waals surface area contributed by atoms with Gasteiger partial charge in [-0.3, -0.25) is 9.59 Å². The molecule has 3 heteroatoms. The highest BCUT2D eigenvalue weighted by Gasteiger charge is 2.37. The highest BCUT2D eigenvalue weighted by molar-refractivity contribution is 5.80. The van der Waals surface area contributed by atoms with Gasteiger partial charge in [-0.25, -0.2) is 0 Å². The number of hydrogen-bond donors (Lipinski definition) is 0. The van der Waals surface area contributed by atoms with Gasteiger partial charge in [0.1, 0.15) is 5.78 Å². The first-order valence-corrected chi connectivity index (χ1v) is 11.3. The molecule has 0 aliphatic carbocycles. The van der Waals surface area contributed by atoms with E-state index in [2.05, 4.69) is 44.2 Å². The van der Waals surface area contributed by atoms with Gasteiger partial charge in [0.25, 0.3) is 0 Å². The highest BCUT2D eigenvalue weighted by Crippen LogP contribution is 2.37. The van der Waals surface area contributed by atoms with E-state index < -0.39 is 0 Å². The van der Waals surface area contributed by atoms with E-state index in [4.69, 9.17) is 0 Å². The summed E-state index contributed by atoms with van der Waals surface area (Å²) < 4.78 is 0. The summed E-state index contributed by atoms with van der Waals surface area (Å²) in [7, 11) is 0. The standard InChI is InChI=1S/C25H39NO2/c1-19(2)23(27)15-11-6-5-7-12-16-24(28)26-17-22(18-26)25(20(3)4)21-13-9-8-10-14-21/h8-10,13-14,19-20,22,25H,5-7,11-12,15-18H2,1-4H3/t25-/m1/s1. The van der Waals surface area contributed by atoms with Crippen molar-refractivity contribution in [3.05, 3.63) is 35.9 Å². The number of benzene rings is 1. The van der Waals surface area contributed by atoms with Crippen molar-refractivity contribution in [2.24, 2.45) is 17.8 Å². The van der Waals surface area contributed by atoms with Gasteiger partial charge < -0.3 is 4.90 Å². The minimum atomic E-state index is 0.162. The lowest BCUT2D eigenvalue weighted by atomic mass is 9.74. The van der Waals surface area contributed by atoms with E-state index in [1.807, 2.05) is 18.7 Å². The summed E-state index contributed by atoms with van der Waals surface area (Å²) in [6.07, 6.45) is 6.69. The molecule has 1 aliphatic heterocycles. The molecule has 1 aromatic rings. The lowest BCUT2D eigenvalue weighted by Crippen LogP contribution is -2.52. The van der Waals surface area contributed by atoms with E-state index in [1.54, 1.807) is 0 Å². The van der Waals surface area contributed by atoms with Crippen molar-refractivity contribution in [1.82, 2.24) is 4.90 Å². The first kappa shape index (κ1) is 22.6. The fourth-order valence-corrected chi connectivity index (χ4v) is 4.37. The van der Waals surface area contributed by atoms with Crippen LogP contribution < -0.4 is 0 Å². The highest BCUT2D eigenvalue weighted by atomic mass is 16.2. The molecule has 156 valence electrons. The Labute approximate surface area is 171 Å². The molecule has 2 rings (SSSR count). The Balaban J connectivity index is 1.61. The van der Waals surface area contributed by atoms with Gasteiger partial charge in [0.2, 0.25) is 5.91 Å². The first-order valence-electron chi connectivity index (χ1n) is 11.3. The lowest BCUT2D eigenvalue weighted by Gasteiger charge is -2.45. The predicted molar refractivity (Wildman–Crippen MR) is 116 cm³/mol. The molecule has 1 saturated heterocycles. The zero-order valence-electron chi connectivity index (χ0n) is 18.3. The molecule has 1 heterocycles. The maximum atomic E-state index is 12.4. The average molecular weight is 386 g/mol. The second-order valence-electron chi connectivity index (χ2n) is 9.13. The zero-order chi connectivity index (χ0) is 20.5. The minimum absolute atomic E-state index is 0.162. The Hall–Kier alpha value is -1.64. The number of rotatable bonds is 12. The molecular formula is C25H39NO2. The molecule has 0 unspecified atom stereocenters. The van der Waals surface area contributed by atoms with Crippen molar-refractivity contribution in [3.8, 4) is 0 Å². The molecule has 0 saturated carbocycles. The van der Waals surface area contributed by atoms with Crippen LogP contribution in [0.15, 0.2) is 30.3 Å². The fourth-order valence-electron chi connectivity index (χ4n) is 4.37. The molecule has 28 heavy (non-hydrogen) atoms. The monoisotopic (exact) mass is 385 g/mol. The molecule has 0 aromatic heterocycles. The van der Waals surface area contributed by atoms with Crippen LogP contribution in [0, 0.1) is 17.8 Å². The van der Waals surface area contributed by atoms with E-state index >= 15 is 0 Å². The van der Waals surface area contributed by atoms with Crippen LogP contribution in [0.1, 0.15) is 84.1 Å². The molecule has 1 atom stereocenters. The number of Topliss-reactive ketones (excluding diaryl/α,β-unsaturated/α-hetero) is 1. The van der Waals surface area contributed by atoms with Gasteiger partial charge in [0.15, 0.2) is 0 Å². The Morgan fingerprint density at radius 2 is 1.46 bits per heavy atom. The summed E-state index contributed by atoms with van der Waals surface area (Å²) in [4.78, 5) is 26.1. The fraction of sp³-hybridized carbons (Fsp3) is 0.680. The van der Waals surface area contributed by atoms with Crippen LogP contribution in [0.25, 0.3) is 0 Å². The normalized spacial score (nSPS) is 15.7. The largest absolute Gasteiger partial charge is 0.342 e. The van der Waals surface area contributed by atoms with Crippen molar-refractivity contribution < 1.29 is 9.59 Å². The van der Waals surface area contributed by atoms with E-state index in [0.717, 1.165) is 45.2 Å². The average Bonchev–Trinajstić information content (AvgIpc) is 2.63. The van der Waals surface area contributed by atoms with Crippen LogP contribution in [-0.2, 0) is 9.59 Å². The van der Waals surface area contributed by atoms with Crippen LogP contribution in [0.4, 0.5) is 0 Å². The Morgan fingerprint density at radius 3 is 2.04 bits per heavy atom. The number of likely N-dealkylation sites (tertiary alicyclic amines) is 1. The van der Waals surface area contributed by atoms with Crippen molar-refractivity contribution in [2.45, 2.75) is 78.6 Å². The number of hydrogen-bond acceptors (Lipinski definition) is 2. The molecular weight excluding hydrogens is 346 g/mol. The van der Waals surface area contributed by atoms with E-state index in [-0.39, 0.29) is 5.92 Å². The number of amides is 1. The van der Waals surface area contributed by atoms with Crippen molar-refractivity contribution in [1.29, 1.82) is 0 Å². The smallest absolute Gasteiger partial charge is 0.222 e. The predicted octanol–water partition coefficient (Wildman–Crippen LogP) is 5.84. The van der Waals surface area contributed by atoms with Crippen LogP contribution in [0.5, 0.6) is 0 Å². The van der Waals surface area contributed by atoms with Gasteiger partial charge in [0, 0.05) is 37.8 Å². The lowest BCUT2D eigenvalue weighted by molar-refractivity contribution is -0.138. The van der Waals surface area contributed by atoms with Gasteiger partial charge in [-0.05, 0) is 30.2 Å². The molecule has 1 aliphatic rings. The summed E-state index contributed by atoms with van der Waals surface area (Å²) in [5.41, 5.74) is 1.41. The number of carbonyl (C=O) groups excluding carboxylic acids is 2. The first-order chi connectivity index (χ1) is 13.4. The van der Waals surface area contributed by atoms with Crippen molar-refractivity contribution in [2.75, 3.05) is 13.1 Å². The van der Waals surface area contributed by atoms with E-state index in [1.165, 1.54) is 5.56 Å². The van der Waals surface area contributed by atoms with Crippen LogP contribution in [-0.4, -0.2) is 29.7 Å². The van der Waals surface area contributed by atoms with Gasteiger partial charge in [0.05, 0.1) is 0 Å². The van der Waals surface area contributed by atoms with Crippen LogP contribution in [0.3, 0.4) is 0 Å². The maximum Gasteiger partial charge on any atom is 0.222 e. The molecule has 1 amide bonds. The summed E-state index contributed by atoms with van der Waals surface area (Å²) in [5.74, 6) is 2.57. The molecule has 3 nitrogen and oxygen atoms in total. The topological polar surface area (TPSA) is 37.4 Å². The molecule has 0 radical (unpaired) electrons. The van der Waals surface area contributed by atoms with E-state index in [9.17, 15) is 9.59 Å². The quantitative estimate of drug-likeness (QED) is 0.424. The third-order valence-corrected chi connectivity index (χ3v) is 6.13. The summed E-state index contributed by atoms with van der Waals surface area (Å²) >= 11 is 0. The third-order valence-electron chi connectivity index (χ3n) is 6.13. The second-order valence-corrected chi connectivity index (χ2v) is 9.13. The molecule has 0 N–H and O–H groups in total. The Kier molecular flexibility index (Phi) is 9.21. The molecule has 1 fully saturated rings. The molecule has 0 bridgehead atoms. The van der Waals surface area contributed by atoms with Gasteiger partial charge in [-0.2, -0.15) is 0 Å². The number of nitrogens with zero attached hydrogens (tertiary/aromatic N) is 1. The van der Waals surface area contributed by atoms with Crippen molar-refractivity contribution in [3.63, 3.8) is 0 Å².